The van der Waals surface area contributed by atoms with Crippen molar-refractivity contribution in [1.29, 1.82) is 0 Å². The molecule has 0 nitrogen and oxygen atoms in total. The van der Waals surface area contributed by atoms with E-state index in [1.165, 1.54) is 0 Å². The molecular weight excluding hydrogens is 168 g/mol. The molecule has 0 unspecified atom stereocenters. The van der Waals surface area contributed by atoms with Gasteiger partial charge in [-0.05, 0) is 16.7 Å². The Kier molecular flexibility index (Phi) is 3.69. The zero-order valence-corrected chi connectivity index (χ0v) is 8.24. The highest BCUT2D eigenvalue weighted by Gasteiger charge is 1.98. The van der Waals surface area contributed by atoms with Gasteiger partial charge >= 0.3 is 0 Å². The minimum absolute atomic E-state index is 0.913. The Labute approximate surface area is 85.6 Å². The van der Waals surface area contributed by atoms with E-state index < -0.39 is 0 Å². The van der Waals surface area contributed by atoms with Crippen LogP contribution in [0, 0.1) is 0 Å². The van der Waals surface area contributed by atoms with E-state index in [4.69, 9.17) is 0 Å². The first-order valence-corrected chi connectivity index (χ1v) is 4.48. The van der Waals surface area contributed by atoms with Gasteiger partial charge < -0.3 is 0 Å². The van der Waals surface area contributed by atoms with Crippen molar-refractivity contribution in [1.82, 2.24) is 0 Å². The van der Waals surface area contributed by atoms with Crippen LogP contribution in [0.2, 0.25) is 0 Å². The molecule has 14 heavy (non-hydrogen) atoms. The molecule has 1 rings (SSSR count). The van der Waals surface area contributed by atoms with Crippen molar-refractivity contribution in [3.63, 3.8) is 0 Å². The van der Waals surface area contributed by atoms with Crippen LogP contribution in [0.5, 0.6) is 0 Å². The van der Waals surface area contributed by atoms with E-state index in [9.17, 15) is 0 Å². The summed E-state index contributed by atoms with van der Waals surface area (Å²) in [5.74, 6) is 0. The van der Waals surface area contributed by atoms with Gasteiger partial charge in [0.1, 0.15) is 0 Å². The maximum atomic E-state index is 3.99. The summed E-state index contributed by atoms with van der Waals surface area (Å²) in [6, 6.07) is 10.0. The summed E-state index contributed by atoms with van der Waals surface area (Å²) in [5.41, 5.74) is 2.96. The van der Waals surface area contributed by atoms with Gasteiger partial charge in [-0.25, -0.2) is 0 Å². The zero-order chi connectivity index (χ0) is 10.4. The lowest BCUT2D eigenvalue weighted by molar-refractivity contribution is 1.60. The fraction of sp³-hybridized carbons (Fsp3) is 0. The van der Waals surface area contributed by atoms with E-state index >= 15 is 0 Å². The van der Waals surface area contributed by atoms with Crippen LogP contribution in [0.3, 0.4) is 0 Å². The molecule has 0 aliphatic rings. The highest BCUT2D eigenvalue weighted by Crippen LogP contribution is 2.19. The van der Waals surface area contributed by atoms with E-state index in [2.05, 4.69) is 19.7 Å². The van der Waals surface area contributed by atoms with Crippen LogP contribution in [-0.4, -0.2) is 0 Å². The van der Waals surface area contributed by atoms with Crippen LogP contribution in [0.25, 0.3) is 5.57 Å². The second-order valence-electron chi connectivity index (χ2n) is 2.96. The fourth-order valence-corrected chi connectivity index (χ4v) is 1.11. The molecule has 0 aromatic heterocycles. The molecule has 0 spiro atoms. The Bertz CT molecular complexity index is 366. The fourth-order valence-electron chi connectivity index (χ4n) is 1.11. The molecule has 0 saturated carbocycles. The molecule has 1 aromatic carbocycles. The Balaban J connectivity index is 2.81. The molecule has 0 aliphatic heterocycles. The van der Waals surface area contributed by atoms with Gasteiger partial charge in [0.15, 0.2) is 0 Å². The maximum absolute atomic E-state index is 3.99. The van der Waals surface area contributed by atoms with Gasteiger partial charge in [0, 0.05) is 0 Å². The first-order chi connectivity index (χ1) is 6.75. The van der Waals surface area contributed by atoms with Crippen molar-refractivity contribution < 1.29 is 0 Å². The Morgan fingerprint density at radius 3 is 2.29 bits per heavy atom. The number of allylic oxidation sites excluding steroid dienone is 5. The topological polar surface area (TPSA) is 0 Å². The number of benzene rings is 1. The van der Waals surface area contributed by atoms with Crippen LogP contribution < -0.4 is 0 Å². The lowest BCUT2D eigenvalue weighted by atomic mass is 10.0. The van der Waals surface area contributed by atoms with E-state index in [1.54, 1.807) is 6.08 Å². The standard InChI is InChI=1S/C14H14/c1-4-5-9-12(2)13(3)14-10-7-6-8-11-14/h4-11H,1-3H2/b9-5-. The Morgan fingerprint density at radius 1 is 1.07 bits per heavy atom. The lowest BCUT2D eigenvalue weighted by Crippen LogP contribution is -1.83. The average Bonchev–Trinajstić information content (AvgIpc) is 2.26. The first-order valence-electron chi connectivity index (χ1n) is 4.48. The highest BCUT2D eigenvalue weighted by atomic mass is 14.0. The normalized spacial score (nSPS) is 10.0. The van der Waals surface area contributed by atoms with Gasteiger partial charge in [0.2, 0.25) is 0 Å². The van der Waals surface area contributed by atoms with Gasteiger partial charge in [-0.1, -0.05) is 68.3 Å². The van der Waals surface area contributed by atoms with Crippen LogP contribution in [0.1, 0.15) is 5.56 Å². The second kappa shape index (κ2) is 5.03. The molecule has 0 saturated heterocycles. The molecule has 0 amide bonds. The summed E-state index contributed by atoms with van der Waals surface area (Å²) in [7, 11) is 0. The molecule has 0 aliphatic carbocycles. The third-order valence-electron chi connectivity index (χ3n) is 1.94. The van der Waals surface area contributed by atoms with Gasteiger partial charge in [-0.15, -0.1) is 0 Å². The molecule has 0 N–H and O–H groups in total. The van der Waals surface area contributed by atoms with Gasteiger partial charge in [-0.3, -0.25) is 0 Å². The molecule has 0 bridgehead atoms. The molecule has 0 fully saturated rings. The number of hydrogen-bond acceptors (Lipinski definition) is 0. The van der Waals surface area contributed by atoms with Gasteiger partial charge in [0.05, 0.1) is 0 Å². The van der Waals surface area contributed by atoms with Crippen molar-refractivity contribution in [2.24, 2.45) is 0 Å². The van der Waals surface area contributed by atoms with E-state index in [1.807, 2.05) is 42.5 Å². The molecule has 0 atom stereocenters. The number of rotatable bonds is 4. The molecule has 0 heteroatoms. The lowest BCUT2D eigenvalue weighted by Gasteiger charge is -2.04. The highest BCUT2D eigenvalue weighted by molar-refractivity contribution is 5.79. The third kappa shape index (κ3) is 2.60. The SMILES string of the molecule is C=C/C=C\C(=C)C(=C)c1ccccc1. The van der Waals surface area contributed by atoms with Crippen molar-refractivity contribution >= 4 is 5.57 Å². The van der Waals surface area contributed by atoms with Gasteiger partial charge in [0.25, 0.3) is 0 Å². The van der Waals surface area contributed by atoms with Gasteiger partial charge in [-0.2, -0.15) is 0 Å². The number of hydrogen-bond donors (Lipinski definition) is 0. The van der Waals surface area contributed by atoms with Crippen LogP contribution in [-0.2, 0) is 0 Å². The van der Waals surface area contributed by atoms with E-state index in [0.717, 1.165) is 16.7 Å². The smallest absolute Gasteiger partial charge is 0.0184 e. The zero-order valence-electron chi connectivity index (χ0n) is 8.24. The summed E-state index contributed by atoms with van der Waals surface area (Å²) in [6.45, 7) is 11.5. The minimum Gasteiger partial charge on any atom is -0.0991 e. The maximum Gasteiger partial charge on any atom is -0.0184 e. The first kappa shape index (κ1) is 10.3. The van der Waals surface area contributed by atoms with Crippen molar-refractivity contribution in [3.8, 4) is 0 Å². The van der Waals surface area contributed by atoms with E-state index in [0.29, 0.717) is 0 Å². The van der Waals surface area contributed by atoms with Crippen molar-refractivity contribution in [2.45, 2.75) is 0 Å². The Hall–Kier alpha value is -1.82. The molecule has 0 radical (unpaired) electrons. The summed E-state index contributed by atoms with van der Waals surface area (Å²) < 4.78 is 0. The monoisotopic (exact) mass is 182 g/mol. The van der Waals surface area contributed by atoms with Crippen LogP contribution in [0.15, 0.2) is 73.9 Å². The summed E-state index contributed by atoms with van der Waals surface area (Å²) in [5, 5.41) is 0. The largest absolute Gasteiger partial charge is 0.0991 e. The predicted molar refractivity (Wildman–Crippen MR) is 64.0 cm³/mol. The molecular formula is C14H14. The predicted octanol–water partition coefficient (Wildman–Crippen LogP) is 4.00. The third-order valence-corrected chi connectivity index (χ3v) is 1.94. The quantitative estimate of drug-likeness (QED) is 0.617. The molecule has 1 aromatic rings. The minimum atomic E-state index is 0.913. The summed E-state index contributed by atoms with van der Waals surface area (Å²) in [4.78, 5) is 0. The van der Waals surface area contributed by atoms with Crippen molar-refractivity contribution in [3.05, 3.63) is 79.4 Å². The molecule has 70 valence electrons. The van der Waals surface area contributed by atoms with Crippen molar-refractivity contribution in [2.75, 3.05) is 0 Å². The summed E-state index contributed by atoms with van der Waals surface area (Å²) >= 11 is 0. The average molecular weight is 182 g/mol. The summed E-state index contributed by atoms with van der Waals surface area (Å²) in [6.07, 6.45) is 5.49. The molecule has 0 heterocycles. The van der Waals surface area contributed by atoms with E-state index in [-0.39, 0.29) is 0 Å². The van der Waals surface area contributed by atoms with Crippen LogP contribution in [0.4, 0.5) is 0 Å². The Morgan fingerprint density at radius 2 is 1.71 bits per heavy atom. The second-order valence-corrected chi connectivity index (χ2v) is 2.96. The van der Waals surface area contributed by atoms with Crippen LogP contribution >= 0.6 is 0 Å².